The number of ketones is 1. The monoisotopic (exact) mass is 468 g/mol. The number of piperidine rings is 1. The van der Waals surface area contributed by atoms with Crippen LogP contribution in [0.1, 0.15) is 25.5 Å². The normalized spacial score (nSPS) is 15.3. The van der Waals surface area contributed by atoms with Gasteiger partial charge in [-0.1, -0.05) is 0 Å². The third-order valence-electron chi connectivity index (χ3n) is 4.55. The molecule has 2 aromatic rings. The highest BCUT2D eigenvalue weighted by atomic mass is 79.9. The van der Waals surface area contributed by atoms with E-state index < -0.39 is 11.8 Å². The molecule has 10 nitrogen and oxygen atoms in total. The third kappa shape index (κ3) is 4.95. The molecule has 1 aliphatic heterocycles. The smallest absolute Gasteiger partial charge is 0.323 e. The molecule has 1 fully saturated rings. The highest BCUT2D eigenvalue weighted by Crippen LogP contribution is 2.24. The van der Waals surface area contributed by atoms with Gasteiger partial charge < -0.3 is 4.90 Å². The number of carbonyl (C=O) groups is 2. The van der Waals surface area contributed by atoms with Crippen LogP contribution in [-0.4, -0.2) is 51.2 Å². The minimum Gasteiger partial charge on any atom is -0.324 e. The molecule has 2 heterocycles. The fourth-order valence-corrected chi connectivity index (χ4v) is 3.28. The van der Waals surface area contributed by atoms with E-state index in [1.807, 2.05) is 5.48 Å². The first-order valence-electron chi connectivity index (χ1n) is 8.72. The standard InChI is InChI=1S/C17H18BrFN6O4/c1-9(26)10-4-6-25(7-5-10)17(27)21-16-14(23-29-24-16)15(22-28)20-11-2-3-13(19)12(18)8-11/h2-3,8,10,28H,4-7H2,1H3,(H,20,22)(H,21,24,27). The maximum absolute atomic E-state index is 13.4. The van der Waals surface area contributed by atoms with Crippen LogP contribution in [0.15, 0.2) is 32.3 Å². The number of amidine groups is 1. The quantitative estimate of drug-likeness (QED) is 0.356. The van der Waals surface area contributed by atoms with Gasteiger partial charge in [0, 0.05) is 19.0 Å². The minimum absolute atomic E-state index is 0.0318. The lowest BCUT2D eigenvalue weighted by Crippen LogP contribution is -2.42. The van der Waals surface area contributed by atoms with Crippen molar-refractivity contribution in [2.75, 3.05) is 18.4 Å². The molecule has 1 aromatic carbocycles. The molecule has 1 aliphatic rings. The molecule has 1 saturated heterocycles. The number of nitrogens with one attached hydrogen (secondary N) is 2. The lowest BCUT2D eigenvalue weighted by Gasteiger charge is -2.30. The van der Waals surface area contributed by atoms with Gasteiger partial charge >= 0.3 is 6.03 Å². The maximum atomic E-state index is 13.4. The van der Waals surface area contributed by atoms with Gasteiger partial charge in [0.05, 0.1) is 10.2 Å². The number of hydroxylamine groups is 1. The number of amides is 2. The summed E-state index contributed by atoms with van der Waals surface area (Å²) in [6.45, 7) is 2.41. The number of Topliss-reactive ketones (excluding diaryl/α,β-unsaturated/α-hetero) is 1. The number of anilines is 1. The number of likely N-dealkylation sites (tertiary alicyclic amines) is 1. The van der Waals surface area contributed by atoms with Crippen molar-refractivity contribution in [3.8, 4) is 0 Å². The van der Waals surface area contributed by atoms with Crippen molar-refractivity contribution in [1.82, 2.24) is 20.7 Å². The molecule has 3 rings (SSSR count). The Bertz CT molecular complexity index is 942. The number of halogens is 2. The molecular formula is C17H18BrFN6O4. The Labute approximate surface area is 173 Å². The average Bonchev–Trinajstić information content (AvgIpc) is 3.16. The summed E-state index contributed by atoms with van der Waals surface area (Å²) in [5, 5.41) is 19.3. The van der Waals surface area contributed by atoms with E-state index in [1.54, 1.807) is 11.8 Å². The van der Waals surface area contributed by atoms with Gasteiger partial charge in [0.2, 0.25) is 5.82 Å². The van der Waals surface area contributed by atoms with E-state index in [0.717, 1.165) is 0 Å². The predicted octanol–water partition coefficient (Wildman–Crippen LogP) is 2.86. The van der Waals surface area contributed by atoms with Crippen LogP contribution in [0.2, 0.25) is 0 Å². The van der Waals surface area contributed by atoms with Crippen LogP contribution in [0.3, 0.4) is 0 Å². The largest absolute Gasteiger partial charge is 0.324 e. The Morgan fingerprint density at radius 3 is 2.69 bits per heavy atom. The van der Waals surface area contributed by atoms with Gasteiger partial charge in [0.1, 0.15) is 11.6 Å². The molecule has 12 heteroatoms. The van der Waals surface area contributed by atoms with Crippen molar-refractivity contribution in [3.05, 3.63) is 34.2 Å². The summed E-state index contributed by atoms with van der Waals surface area (Å²) in [4.78, 5) is 29.6. The molecule has 0 unspecified atom stereocenters. The first-order chi connectivity index (χ1) is 13.9. The number of nitrogens with zero attached hydrogens (tertiary/aromatic N) is 4. The van der Waals surface area contributed by atoms with Crippen molar-refractivity contribution in [1.29, 1.82) is 0 Å². The first kappa shape index (κ1) is 20.9. The summed E-state index contributed by atoms with van der Waals surface area (Å²) in [6.07, 6.45) is 1.19. The molecule has 154 valence electrons. The van der Waals surface area contributed by atoms with Crippen LogP contribution in [0, 0.1) is 11.7 Å². The van der Waals surface area contributed by atoms with Crippen LogP contribution < -0.4 is 10.8 Å². The highest BCUT2D eigenvalue weighted by molar-refractivity contribution is 9.10. The van der Waals surface area contributed by atoms with Crippen molar-refractivity contribution in [3.63, 3.8) is 0 Å². The topological polar surface area (TPSA) is 133 Å². The highest BCUT2D eigenvalue weighted by Gasteiger charge is 2.27. The molecule has 1 aromatic heterocycles. The lowest BCUT2D eigenvalue weighted by atomic mass is 9.93. The van der Waals surface area contributed by atoms with Gasteiger partial charge in [0.25, 0.3) is 0 Å². The number of urea groups is 1. The van der Waals surface area contributed by atoms with Gasteiger partial charge in [-0.05, 0) is 64.2 Å². The summed E-state index contributed by atoms with van der Waals surface area (Å²) in [5.74, 6) is -0.585. The number of aliphatic imine (C=N–C) groups is 1. The van der Waals surface area contributed by atoms with E-state index in [-0.39, 0.29) is 33.5 Å². The molecule has 0 atom stereocenters. The zero-order valence-corrected chi connectivity index (χ0v) is 16.9. The Morgan fingerprint density at radius 1 is 1.34 bits per heavy atom. The molecule has 3 N–H and O–H groups in total. The minimum atomic E-state index is -0.466. The molecule has 0 aliphatic carbocycles. The fourth-order valence-electron chi connectivity index (χ4n) is 2.91. The maximum Gasteiger partial charge on any atom is 0.323 e. The van der Waals surface area contributed by atoms with Gasteiger partial charge in [-0.3, -0.25) is 20.8 Å². The summed E-state index contributed by atoms with van der Waals surface area (Å²) >= 11 is 3.05. The number of carbonyl (C=O) groups excluding carboxylic acids is 2. The van der Waals surface area contributed by atoms with Gasteiger partial charge in [-0.2, -0.15) is 0 Å². The Balaban J connectivity index is 1.74. The van der Waals surface area contributed by atoms with E-state index in [2.05, 4.69) is 41.2 Å². The molecule has 29 heavy (non-hydrogen) atoms. The summed E-state index contributed by atoms with van der Waals surface area (Å²) in [7, 11) is 0. The molecule has 2 amide bonds. The number of hydrogen-bond donors (Lipinski definition) is 3. The van der Waals surface area contributed by atoms with Crippen molar-refractivity contribution in [2.24, 2.45) is 10.9 Å². The second-order valence-electron chi connectivity index (χ2n) is 6.43. The van der Waals surface area contributed by atoms with Gasteiger partial charge in [0.15, 0.2) is 11.5 Å². The molecule has 0 bridgehead atoms. The first-order valence-corrected chi connectivity index (χ1v) is 9.51. The van der Waals surface area contributed by atoms with Gasteiger partial charge in [-0.25, -0.2) is 18.8 Å². The Kier molecular flexibility index (Phi) is 6.54. The summed E-state index contributed by atoms with van der Waals surface area (Å²) < 4.78 is 18.2. The Hall–Kier alpha value is -2.86. The average molecular weight is 469 g/mol. The van der Waals surface area contributed by atoms with E-state index in [9.17, 15) is 19.2 Å². The van der Waals surface area contributed by atoms with E-state index >= 15 is 0 Å². The zero-order chi connectivity index (χ0) is 21.0. The molecule has 0 spiro atoms. The van der Waals surface area contributed by atoms with Crippen LogP contribution in [-0.2, 0) is 4.79 Å². The number of aromatic nitrogens is 2. The number of rotatable bonds is 4. The van der Waals surface area contributed by atoms with E-state index in [1.165, 1.54) is 18.2 Å². The van der Waals surface area contributed by atoms with Crippen molar-refractivity contribution < 1.29 is 23.8 Å². The number of benzene rings is 1. The zero-order valence-electron chi connectivity index (χ0n) is 15.4. The third-order valence-corrected chi connectivity index (χ3v) is 5.15. The summed E-state index contributed by atoms with van der Waals surface area (Å²) in [5.41, 5.74) is 2.14. The number of hydrogen-bond acceptors (Lipinski definition) is 7. The van der Waals surface area contributed by atoms with E-state index in [4.69, 9.17) is 0 Å². The second-order valence-corrected chi connectivity index (χ2v) is 7.29. The summed E-state index contributed by atoms with van der Waals surface area (Å²) in [6, 6.07) is 3.55. The lowest BCUT2D eigenvalue weighted by molar-refractivity contribution is -0.121. The van der Waals surface area contributed by atoms with Crippen molar-refractivity contribution in [2.45, 2.75) is 19.8 Å². The molecule has 0 saturated carbocycles. The van der Waals surface area contributed by atoms with Crippen LogP contribution in [0.25, 0.3) is 0 Å². The van der Waals surface area contributed by atoms with Gasteiger partial charge in [-0.15, -0.1) is 0 Å². The fraction of sp³-hybridized carbons (Fsp3) is 0.353. The molecule has 0 radical (unpaired) electrons. The van der Waals surface area contributed by atoms with Crippen molar-refractivity contribution >= 4 is 45.1 Å². The molecular weight excluding hydrogens is 451 g/mol. The SMILES string of the molecule is CC(=O)C1CCN(C(=O)Nc2nonc2C(=Nc2ccc(F)c(Br)c2)NO)CC1. The van der Waals surface area contributed by atoms with E-state index in [0.29, 0.717) is 31.6 Å². The predicted molar refractivity (Wildman–Crippen MR) is 104 cm³/mol. The van der Waals surface area contributed by atoms with Crippen LogP contribution in [0.5, 0.6) is 0 Å². The second kappa shape index (κ2) is 9.09. The Morgan fingerprint density at radius 2 is 2.07 bits per heavy atom. The van der Waals surface area contributed by atoms with Crippen LogP contribution in [0.4, 0.5) is 20.7 Å². The van der Waals surface area contributed by atoms with Crippen LogP contribution >= 0.6 is 15.9 Å².